The molecule has 104 valence electrons. The zero-order chi connectivity index (χ0) is 15.0. The molecule has 0 amide bonds. The van der Waals surface area contributed by atoms with E-state index in [1.165, 1.54) is 18.2 Å². The molecule has 0 aliphatic carbocycles. The van der Waals surface area contributed by atoms with Crippen LogP contribution in [0.5, 0.6) is 0 Å². The van der Waals surface area contributed by atoms with Gasteiger partial charge in [-0.05, 0) is 30.3 Å². The van der Waals surface area contributed by atoms with Gasteiger partial charge in [-0.25, -0.2) is 4.79 Å². The average molecular weight is 301 g/mol. The highest BCUT2D eigenvalue weighted by Crippen LogP contribution is 2.24. The molecule has 0 aliphatic rings. The van der Waals surface area contributed by atoms with Crippen LogP contribution in [0.2, 0.25) is 5.02 Å². The molecular formula is C16H9ClO4. The molecule has 1 heterocycles. The van der Waals surface area contributed by atoms with Crippen LogP contribution in [0.4, 0.5) is 0 Å². The maximum absolute atomic E-state index is 12.1. The molecule has 0 bridgehead atoms. The average Bonchev–Trinajstić information content (AvgIpc) is 2.48. The third-order valence-electron chi connectivity index (χ3n) is 3.11. The molecule has 0 saturated carbocycles. The fourth-order valence-corrected chi connectivity index (χ4v) is 2.22. The first kappa shape index (κ1) is 13.4. The number of carbonyl (C=O) groups is 1. The van der Waals surface area contributed by atoms with Gasteiger partial charge in [-0.2, -0.15) is 0 Å². The van der Waals surface area contributed by atoms with Gasteiger partial charge in [-0.15, -0.1) is 0 Å². The third kappa shape index (κ3) is 2.53. The lowest BCUT2D eigenvalue weighted by Crippen LogP contribution is -2.00. The van der Waals surface area contributed by atoms with Gasteiger partial charge in [-0.1, -0.05) is 23.7 Å². The third-order valence-corrected chi connectivity index (χ3v) is 3.34. The molecular weight excluding hydrogens is 292 g/mol. The Kier molecular flexibility index (Phi) is 3.23. The Hall–Kier alpha value is -2.59. The van der Waals surface area contributed by atoms with Crippen LogP contribution in [-0.4, -0.2) is 11.1 Å². The molecule has 5 heteroatoms. The lowest BCUT2D eigenvalue weighted by Gasteiger charge is -2.04. The molecule has 2 aromatic carbocycles. The molecule has 1 aromatic heterocycles. The van der Waals surface area contributed by atoms with Crippen LogP contribution in [-0.2, 0) is 0 Å². The summed E-state index contributed by atoms with van der Waals surface area (Å²) >= 11 is 5.86. The van der Waals surface area contributed by atoms with Crippen LogP contribution in [0.15, 0.2) is 57.7 Å². The first-order valence-corrected chi connectivity index (χ1v) is 6.49. The minimum absolute atomic E-state index is 0.175. The van der Waals surface area contributed by atoms with Gasteiger partial charge in [0.15, 0.2) is 5.43 Å². The normalized spacial score (nSPS) is 10.7. The number of carboxylic acids is 1. The number of aromatic carboxylic acids is 1. The molecule has 4 nitrogen and oxygen atoms in total. The van der Waals surface area contributed by atoms with Crippen LogP contribution in [0.1, 0.15) is 10.4 Å². The largest absolute Gasteiger partial charge is 0.478 e. The SMILES string of the molecule is O=C(O)c1ccc(-c2cc(=O)c3cc(Cl)ccc3o2)cc1. The Morgan fingerprint density at radius 1 is 1.05 bits per heavy atom. The fraction of sp³-hybridized carbons (Fsp3) is 0. The predicted molar refractivity (Wildman–Crippen MR) is 79.9 cm³/mol. The molecule has 0 spiro atoms. The van der Waals surface area contributed by atoms with E-state index in [0.29, 0.717) is 27.3 Å². The van der Waals surface area contributed by atoms with Crippen molar-refractivity contribution >= 4 is 28.5 Å². The van der Waals surface area contributed by atoms with E-state index >= 15 is 0 Å². The quantitative estimate of drug-likeness (QED) is 0.781. The fourth-order valence-electron chi connectivity index (χ4n) is 2.05. The summed E-state index contributed by atoms with van der Waals surface area (Å²) in [6.07, 6.45) is 0. The van der Waals surface area contributed by atoms with E-state index in [0.717, 1.165) is 0 Å². The summed E-state index contributed by atoms with van der Waals surface area (Å²) < 4.78 is 5.68. The van der Waals surface area contributed by atoms with E-state index < -0.39 is 5.97 Å². The highest BCUT2D eigenvalue weighted by atomic mass is 35.5. The zero-order valence-corrected chi connectivity index (χ0v) is 11.4. The number of fused-ring (bicyclic) bond motifs is 1. The summed E-state index contributed by atoms with van der Waals surface area (Å²) in [6, 6.07) is 12.3. The van der Waals surface area contributed by atoms with Crippen molar-refractivity contribution < 1.29 is 14.3 Å². The molecule has 0 unspecified atom stereocenters. The number of rotatable bonds is 2. The molecule has 0 radical (unpaired) electrons. The number of benzene rings is 2. The standard InChI is InChI=1S/C16H9ClO4/c17-11-5-6-14-12(7-11)13(18)8-15(21-14)9-1-3-10(4-2-9)16(19)20/h1-8H,(H,19,20). The second kappa shape index (κ2) is 5.07. The molecule has 1 N–H and O–H groups in total. The summed E-state index contributed by atoms with van der Waals surface area (Å²) in [4.78, 5) is 22.9. The lowest BCUT2D eigenvalue weighted by atomic mass is 10.1. The van der Waals surface area contributed by atoms with Gasteiger partial charge in [0, 0.05) is 16.7 Å². The first-order valence-electron chi connectivity index (χ1n) is 6.12. The monoisotopic (exact) mass is 300 g/mol. The van der Waals surface area contributed by atoms with E-state index in [9.17, 15) is 9.59 Å². The molecule has 3 rings (SSSR count). The summed E-state index contributed by atoms with van der Waals surface area (Å²) in [5.74, 6) is -0.622. The van der Waals surface area contributed by atoms with Gasteiger partial charge in [0.1, 0.15) is 11.3 Å². The van der Waals surface area contributed by atoms with Crippen molar-refractivity contribution in [2.75, 3.05) is 0 Å². The summed E-state index contributed by atoms with van der Waals surface area (Å²) in [6.45, 7) is 0. The topological polar surface area (TPSA) is 67.5 Å². The van der Waals surface area contributed by atoms with Gasteiger partial charge in [0.25, 0.3) is 0 Å². The van der Waals surface area contributed by atoms with E-state index in [2.05, 4.69) is 0 Å². The molecule has 0 fully saturated rings. The molecule has 0 aliphatic heterocycles. The van der Waals surface area contributed by atoms with Crippen molar-refractivity contribution in [3.63, 3.8) is 0 Å². The Morgan fingerprint density at radius 3 is 2.43 bits per heavy atom. The summed E-state index contributed by atoms with van der Waals surface area (Å²) in [5, 5.41) is 9.75. The van der Waals surface area contributed by atoms with Crippen molar-refractivity contribution in [3.05, 3.63) is 69.3 Å². The van der Waals surface area contributed by atoms with Crippen LogP contribution < -0.4 is 5.43 Å². The van der Waals surface area contributed by atoms with E-state index in [1.807, 2.05) is 0 Å². The van der Waals surface area contributed by atoms with Crippen LogP contribution in [0.3, 0.4) is 0 Å². The molecule has 0 atom stereocenters. The van der Waals surface area contributed by atoms with Gasteiger partial charge in [0.2, 0.25) is 0 Å². The van der Waals surface area contributed by atoms with Crippen molar-refractivity contribution in [3.8, 4) is 11.3 Å². The van der Waals surface area contributed by atoms with E-state index in [-0.39, 0.29) is 11.0 Å². The zero-order valence-electron chi connectivity index (χ0n) is 10.7. The van der Waals surface area contributed by atoms with Crippen LogP contribution >= 0.6 is 11.6 Å². The van der Waals surface area contributed by atoms with Crippen molar-refractivity contribution in [2.45, 2.75) is 0 Å². The number of carboxylic acid groups (broad SMARTS) is 1. The number of halogens is 1. The van der Waals surface area contributed by atoms with E-state index in [1.54, 1.807) is 30.3 Å². The van der Waals surface area contributed by atoms with Crippen molar-refractivity contribution in [1.82, 2.24) is 0 Å². The second-order valence-corrected chi connectivity index (χ2v) is 4.93. The van der Waals surface area contributed by atoms with Crippen molar-refractivity contribution in [2.24, 2.45) is 0 Å². The Bertz CT molecular complexity index is 894. The minimum atomic E-state index is -1.00. The van der Waals surface area contributed by atoms with E-state index in [4.69, 9.17) is 21.1 Å². The molecule has 3 aromatic rings. The second-order valence-electron chi connectivity index (χ2n) is 4.50. The van der Waals surface area contributed by atoms with Crippen molar-refractivity contribution in [1.29, 1.82) is 0 Å². The lowest BCUT2D eigenvalue weighted by molar-refractivity contribution is 0.0697. The Morgan fingerprint density at radius 2 is 1.76 bits per heavy atom. The highest BCUT2D eigenvalue weighted by Gasteiger charge is 2.09. The Balaban J connectivity index is 2.14. The number of hydrogen-bond acceptors (Lipinski definition) is 3. The molecule has 21 heavy (non-hydrogen) atoms. The van der Waals surface area contributed by atoms with Crippen LogP contribution in [0.25, 0.3) is 22.3 Å². The summed E-state index contributed by atoms with van der Waals surface area (Å²) in [5.41, 5.74) is 1.04. The maximum Gasteiger partial charge on any atom is 0.335 e. The van der Waals surface area contributed by atoms with Crippen LogP contribution in [0, 0.1) is 0 Å². The minimum Gasteiger partial charge on any atom is -0.478 e. The maximum atomic E-state index is 12.1. The number of hydrogen-bond donors (Lipinski definition) is 1. The van der Waals surface area contributed by atoms with Gasteiger partial charge in [0.05, 0.1) is 10.9 Å². The smallest absolute Gasteiger partial charge is 0.335 e. The van der Waals surface area contributed by atoms with Gasteiger partial charge in [-0.3, -0.25) is 4.79 Å². The van der Waals surface area contributed by atoms with Gasteiger partial charge >= 0.3 is 5.97 Å². The summed E-state index contributed by atoms with van der Waals surface area (Å²) in [7, 11) is 0. The first-order chi connectivity index (χ1) is 10.0. The highest BCUT2D eigenvalue weighted by molar-refractivity contribution is 6.31. The molecule has 0 saturated heterocycles. The Labute approximate surface area is 124 Å². The predicted octanol–water partition coefficient (Wildman–Crippen LogP) is 3.81. The van der Waals surface area contributed by atoms with Gasteiger partial charge < -0.3 is 9.52 Å².